The van der Waals surface area contributed by atoms with E-state index in [9.17, 15) is 9.59 Å². The predicted octanol–water partition coefficient (Wildman–Crippen LogP) is 1.71. The van der Waals surface area contributed by atoms with Crippen molar-refractivity contribution in [3.63, 3.8) is 0 Å². The molecular formula is C17H20N2O4. The summed E-state index contributed by atoms with van der Waals surface area (Å²) in [4.78, 5) is 22.8. The molecule has 0 aliphatic heterocycles. The van der Waals surface area contributed by atoms with E-state index in [1.807, 2.05) is 47.3 Å². The summed E-state index contributed by atoms with van der Waals surface area (Å²) >= 11 is 0. The lowest BCUT2D eigenvalue weighted by Gasteiger charge is -2.26. The third kappa shape index (κ3) is 3.53. The van der Waals surface area contributed by atoms with Gasteiger partial charge in [-0.3, -0.25) is 4.79 Å². The Morgan fingerprint density at radius 3 is 2.57 bits per heavy atom. The summed E-state index contributed by atoms with van der Waals surface area (Å²) in [7, 11) is 2.89. The zero-order chi connectivity index (χ0) is 16.9. The van der Waals surface area contributed by atoms with Crippen molar-refractivity contribution in [2.75, 3.05) is 14.2 Å². The van der Waals surface area contributed by atoms with Crippen LogP contribution in [-0.4, -0.2) is 36.7 Å². The van der Waals surface area contributed by atoms with E-state index in [1.54, 1.807) is 14.0 Å². The van der Waals surface area contributed by atoms with E-state index >= 15 is 0 Å². The second-order valence-electron chi connectivity index (χ2n) is 5.36. The lowest BCUT2D eigenvalue weighted by molar-refractivity contribution is -0.148. The van der Waals surface area contributed by atoms with E-state index in [0.717, 1.165) is 11.3 Å². The van der Waals surface area contributed by atoms with Gasteiger partial charge in [0.2, 0.25) is 6.41 Å². The van der Waals surface area contributed by atoms with Crippen molar-refractivity contribution in [3.05, 3.63) is 48.3 Å². The molecular weight excluding hydrogens is 296 g/mol. The van der Waals surface area contributed by atoms with E-state index in [-0.39, 0.29) is 0 Å². The zero-order valence-corrected chi connectivity index (χ0v) is 13.4. The fraction of sp³-hybridized carbons (Fsp3) is 0.294. The van der Waals surface area contributed by atoms with E-state index in [0.29, 0.717) is 18.6 Å². The van der Waals surface area contributed by atoms with Gasteiger partial charge in [-0.25, -0.2) is 4.79 Å². The highest BCUT2D eigenvalue weighted by molar-refractivity contribution is 5.83. The average molecular weight is 316 g/mol. The fourth-order valence-corrected chi connectivity index (χ4v) is 2.49. The molecule has 1 aromatic heterocycles. The molecule has 2 aromatic rings. The van der Waals surface area contributed by atoms with Gasteiger partial charge in [0, 0.05) is 18.8 Å². The second kappa shape index (κ2) is 7.00. The minimum Gasteiger partial charge on any atom is -0.495 e. The Morgan fingerprint density at radius 2 is 2.00 bits per heavy atom. The van der Waals surface area contributed by atoms with Crippen LogP contribution in [0.3, 0.4) is 0 Å². The first kappa shape index (κ1) is 16.6. The highest BCUT2D eigenvalue weighted by Crippen LogP contribution is 2.26. The van der Waals surface area contributed by atoms with Crippen molar-refractivity contribution in [1.82, 2.24) is 9.88 Å². The monoisotopic (exact) mass is 316 g/mol. The number of carbonyl (C=O) groups excluding carboxylic acids is 2. The maximum Gasteiger partial charge on any atom is 0.331 e. The molecule has 0 saturated carbocycles. The van der Waals surface area contributed by atoms with Crippen LogP contribution in [0.1, 0.15) is 12.5 Å². The molecule has 6 nitrogen and oxygen atoms in total. The van der Waals surface area contributed by atoms with Crippen LogP contribution >= 0.6 is 0 Å². The molecule has 0 aliphatic rings. The quantitative estimate of drug-likeness (QED) is 0.623. The van der Waals surface area contributed by atoms with Crippen LogP contribution in [0.25, 0.3) is 5.69 Å². The van der Waals surface area contributed by atoms with Crippen molar-refractivity contribution < 1.29 is 19.1 Å². The van der Waals surface area contributed by atoms with E-state index in [4.69, 9.17) is 9.47 Å². The second-order valence-corrected chi connectivity index (χ2v) is 5.36. The van der Waals surface area contributed by atoms with Crippen molar-refractivity contribution in [1.29, 1.82) is 0 Å². The molecule has 0 saturated heterocycles. The Labute approximate surface area is 135 Å². The standard InChI is InChI=1S/C17H20N2O4/c1-17(18-12-20,16(21)23-3)11-13-6-7-14(15(10-13)22-2)19-8-4-5-9-19/h4-10,12H,11H2,1-3H3,(H,18,20)/t17-/m1/s1. The molecule has 0 aliphatic carbocycles. The summed E-state index contributed by atoms with van der Waals surface area (Å²) in [5, 5.41) is 2.54. The number of amides is 1. The number of ether oxygens (including phenoxy) is 2. The summed E-state index contributed by atoms with van der Waals surface area (Å²) in [6.45, 7) is 1.62. The molecule has 0 bridgehead atoms. The summed E-state index contributed by atoms with van der Waals surface area (Å²) in [6.07, 6.45) is 4.64. The molecule has 2 rings (SSSR count). The topological polar surface area (TPSA) is 69.6 Å². The van der Waals surface area contributed by atoms with Crippen LogP contribution in [0, 0.1) is 0 Å². The lowest BCUT2D eigenvalue weighted by atomic mass is 9.92. The Hall–Kier alpha value is -2.76. The first-order chi connectivity index (χ1) is 11.0. The molecule has 0 unspecified atom stereocenters. The molecule has 0 fully saturated rings. The summed E-state index contributed by atoms with van der Waals surface area (Å²) < 4.78 is 12.2. The van der Waals surface area contributed by atoms with Crippen molar-refractivity contribution in [3.8, 4) is 11.4 Å². The van der Waals surface area contributed by atoms with Crippen LogP contribution in [0.4, 0.5) is 0 Å². The average Bonchev–Trinajstić information content (AvgIpc) is 3.08. The van der Waals surface area contributed by atoms with Crippen LogP contribution < -0.4 is 10.1 Å². The molecule has 1 aromatic carbocycles. The van der Waals surface area contributed by atoms with Gasteiger partial charge in [-0.05, 0) is 36.8 Å². The first-order valence-electron chi connectivity index (χ1n) is 7.14. The number of nitrogens with zero attached hydrogens (tertiary/aromatic N) is 1. The van der Waals surface area contributed by atoms with E-state index < -0.39 is 11.5 Å². The molecule has 23 heavy (non-hydrogen) atoms. The number of rotatable bonds is 7. The number of hydrogen-bond donors (Lipinski definition) is 1. The van der Waals surface area contributed by atoms with E-state index in [2.05, 4.69) is 5.32 Å². The maximum atomic E-state index is 12.0. The van der Waals surface area contributed by atoms with Gasteiger partial charge in [0.25, 0.3) is 0 Å². The Morgan fingerprint density at radius 1 is 1.30 bits per heavy atom. The number of nitrogens with one attached hydrogen (secondary N) is 1. The third-order valence-electron chi connectivity index (χ3n) is 3.70. The molecule has 122 valence electrons. The predicted molar refractivity (Wildman–Crippen MR) is 85.6 cm³/mol. The minimum atomic E-state index is -1.13. The number of esters is 1. The van der Waals surface area contributed by atoms with Gasteiger partial charge in [-0.1, -0.05) is 6.07 Å². The van der Waals surface area contributed by atoms with Crippen LogP contribution in [0.2, 0.25) is 0 Å². The third-order valence-corrected chi connectivity index (χ3v) is 3.70. The number of methoxy groups -OCH3 is 2. The smallest absolute Gasteiger partial charge is 0.331 e. The number of aromatic nitrogens is 1. The number of carbonyl (C=O) groups is 2. The van der Waals surface area contributed by atoms with E-state index in [1.165, 1.54) is 7.11 Å². The molecule has 1 heterocycles. The van der Waals surface area contributed by atoms with Crippen LogP contribution in [0.15, 0.2) is 42.7 Å². The summed E-state index contributed by atoms with van der Waals surface area (Å²) in [5.74, 6) is 0.176. The number of benzene rings is 1. The van der Waals surface area contributed by atoms with Gasteiger partial charge in [-0.2, -0.15) is 0 Å². The maximum absolute atomic E-state index is 12.0. The Kier molecular flexibility index (Phi) is 5.05. The largest absolute Gasteiger partial charge is 0.495 e. The fourth-order valence-electron chi connectivity index (χ4n) is 2.49. The van der Waals surface area contributed by atoms with Gasteiger partial charge in [-0.15, -0.1) is 0 Å². The van der Waals surface area contributed by atoms with Gasteiger partial charge >= 0.3 is 5.97 Å². The van der Waals surface area contributed by atoms with Gasteiger partial charge in [0.15, 0.2) is 0 Å². The van der Waals surface area contributed by atoms with Crippen LogP contribution in [-0.2, 0) is 20.7 Å². The first-order valence-corrected chi connectivity index (χ1v) is 7.14. The van der Waals surface area contributed by atoms with Gasteiger partial charge in [0.1, 0.15) is 11.3 Å². The molecule has 6 heteroatoms. The molecule has 0 spiro atoms. The summed E-state index contributed by atoms with van der Waals surface area (Å²) in [6, 6.07) is 9.51. The summed E-state index contributed by atoms with van der Waals surface area (Å²) in [5.41, 5.74) is 0.612. The van der Waals surface area contributed by atoms with Gasteiger partial charge < -0.3 is 19.4 Å². The Balaban J connectivity index is 2.33. The van der Waals surface area contributed by atoms with Gasteiger partial charge in [0.05, 0.1) is 19.9 Å². The number of hydrogen-bond acceptors (Lipinski definition) is 4. The SMILES string of the molecule is COC(=O)[C@@](C)(Cc1ccc(-n2cccc2)c(OC)c1)NC=O. The van der Waals surface area contributed by atoms with Crippen molar-refractivity contribution in [2.45, 2.75) is 18.9 Å². The van der Waals surface area contributed by atoms with Crippen molar-refractivity contribution in [2.24, 2.45) is 0 Å². The van der Waals surface area contributed by atoms with Crippen molar-refractivity contribution >= 4 is 12.4 Å². The highest BCUT2D eigenvalue weighted by atomic mass is 16.5. The Bertz CT molecular complexity index is 682. The molecule has 1 amide bonds. The molecule has 1 atom stereocenters. The zero-order valence-electron chi connectivity index (χ0n) is 13.4. The van der Waals surface area contributed by atoms with Crippen LogP contribution in [0.5, 0.6) is 5.75 Å². The molecule has 1 N–H and O–H groups in total. The lowest BCUT2D eigenvalue weighted by Crippen LogP contribution is -2.51. The highest BCUT2D eigenvalue weighted by Gasteiger charge is 2.34. The molecule has 0 radical (unpaired) electrons. The normalized spacial score (nSPS) is 13.0. The minimum absolute atomic E-state index is 0.292.